The monoisotopic (exact) mass is 172 g/mol. The van der Waals surface area contributed by atoms with Crippen LogP contribution >= 0.6 is 0 Å². The molecule has 0 unspecified atom stereocenters. The lowest BCUT2D eigenvalue weighted by Gasteiger charge is -2.40. The molecule has 2 nitrogen and oxygen atoms in total. The molecule has 0 saturated carbocycles. The van der Waals surface area contributed by atoms with Crippen LogP contribution in [0.25, 0.3) is 0 Å². The fourth-order valence-corrected chi connectivity index (χ4v) is 1.20. The van der Waals surface area contributed by atoms with Crippen molar-refractivity contribution in [1.29, 1.82) is 0 Å². The van der Waals surface area contributed by atoms with Gasteiger partial charge in [0.1, 0.15) is 0 Å². The Morgan fingerprint density at radius 2 is 1.58 bits per heavy atom. The molecule has 0 N–H and O–H groups in total. The van der Waals surface area contributed by atoms with Gasteiger partial charge in [-0.05, 0) is 27.2 Å². The van der Waals surface area contributed by atoms with Crippen molar-refractivity contribution in [2.24, 2.45) is 0 Å². The van der Waals surface area contributed by atoms with Crippen molar-refractivity contribution in [2.75, 3.05) is 20.1 Å². The van der Waals surface area contributed by atoms with Crippen LogP contribution in [0.2, 0.25) is 0 Å². The first-order valence-corrected chi connectivity index (χ1v) is 4.92. The van der Waals surface area contributed by atoms with Crippen molar-refractivity contribution in [2.45, 2.75) is 46.6 Å². The highest BCUT2D eigenvalue weighted by Gasteiger charge is 2.21. The fourth-order valence-electron chi connectivity index (χ4n) is 1.20. The highest BCUT2D eigenvalue weighted by molar-refractivity contribution is 4.70. The summed E-state index contributed by atoms with van der Waals surface area (Å²) in [6.07, 6.45) is 1.22. The van der Waals surface area contributed by atoms with Crippen LogP contribution in [-0.4, -0.2) is 35.7 Å². The van der Waals surface area contributed by atoms with Crippen LogP contribution < -0.4 is 0 Å². The molecule has 0 aromatic carbocycles. The molecule has 0 aliphatic carbocycles. The van der Waals surface area contributed by atoms with Gasteiger partial charge in [-0.1, -0.05) is 13.8 Å². The number of hydrazine groups is 1. The van der Waals surface area contributed by atoms with E-state index in [-0.39, 0.29) is 5.54 Å². The summed E-state index contributed by atoms with van der Waals surface area (Å²) < 4.78 is 0. The fraction of sp³-hybridized carbons (Fsp3) is 1.00. The molecule has 0 bridgehead atoms. The van der Waals surface area contributed by atoms with Crippen molar-refractivity contribution in [3.05, 3.63) is 0 Å². The Morgan fingerprint density at radius 3 is 1.83 bits per heavy atom. The van der Waals surface area contributed by atoms with Gasteiger partial charge in [0.25, 0.3) is 0 Å². The highest BCUT2D eigenvalue weighted by Crippen LogP contribution is 2.13. The van der Waals surface area contributed by atoms with Gasteiger partial charge in [0.2, 0.25) is 0 Å². The van der Waals surface area contributed by atoms with Gasteiger partial charge >= 0.3 is 0 Å². The van der Waals surface area contributed by atoms with E-state index >= 15 is 0 Å². The van der Waals surface area contributed by atoms with Gasteiger partial charge in [-0.2, -0.15) is 0 Å². The Balaban J connectivity index is 4.11. The quantitative estimate of drug-likeness (QED) is 0.601. The van der Waals surface area contributed by atoms with Gasteiger partial charge in [0.15, 0.2) is 0 Å². The third-order valence-corrected chi connectivity index (χ3v) is 2.24. The smallest absolute Gasteiger partial charge is 0.0269 e. The molecule has 0 aliphatic heterocycles. The average molecular weight is 172 g/mol. The summed E-state index contributed by atoms with van der Waals surface area (Å²) in [6.45, 7) is 13.4. The second-order valence-corrected chi connectivity index (χ2v) is 4.24. The summed E-state index contributed by atoms with van der Waals surface area (Å²) >= 11 is 0. The lowest BCUT2D eigenvalue weighted by Crippen LogP contribution is -2.50. The maximum atomic E-state index is 2.39. The maximum Gasteiger partial charge on any atom is 0.0269 e. The van der Waals surface area contributed by atoms with Crippen molar-refractivity contribution in [3.8, 4) is 0 Å². The molecule has 0 amide bonds. The van der Waals surface area contributed by atoms with Crippen molar-refractivity contribution in [1.82, 2.24) is 10.0 Å². The molecule has 0 aromatic rings. The van der Waals surface area contributed by atoms with Crippen LogP contribution in [0.4, 0.5) is 0 Å². The summed E-state index contributed by atoms with van der Waals surface area (Å²) in [4.78, 5) is 0. The molecule has 74 valence electrons. The first-order chi connectivity index (χ1) is 5.43. The van der Waals surface area contributed by atoms with E-state index in [1.54, 1.807) is 0 Å². The summed E-state index contributed by atoms with van der Waals surface area (Å²) in [7, 11) is 2.17. The SMILES string of the molecule is CCCN(CC)N(C)C(C)(C)C. The summed E-state index contributed by atoms with van der Waals surface area (Å²) in [5.74, 6) is 0. The second-order valence-electron chi connectivity index (χ2n) is 4.24. The number of hydrogen-bond donors (Lipinski definition) is 0. The zero-order valence-electron chi connectivity index (χ0n) is 9.52. The summed E-state index contributed by atoms with van der Waals surface area (Å²) in [6, 6.07) is 0. The molecular formula is C10H24N2. The molecule has 0 fully saturated rings. The van der Waals surface area contributed by atoms with Crippen molar-refractivity contribution < 1.29 is 0 Å². The minimum atomic E-state index is 0.241. The molecule has 0 aromatic heterocycles. The van der Waals surface area contributed by atoms with E-state index in [9.17, 15) is 0 Å². The molecule has 0 atom stereocenters. The van der Waals surface area contributed by atoms with Gasteiger partial charge in [0.05, 0.1) is 0 Å². The van der Waals surface area contributed by atoms with E-state index in [0.29, 0.717) is 0 Å². The van der Waals surface area contributed by atoms with Crippen LogP contribution in [0.3, 0.4) is 0 Å². The number of hydrogen-bond acceptors (Lipinski definition) is 2. The summed E-state index contributed by atoms with van der Waals surface area (Å²) in [5.41, 5.74) is 0.241. The predicted molar refractivity (Wildman–Crippen MR) is 55.1 cm³/mol. The molecule has 0 heterocycles. The van der Waals surface area contributed by atoms with Crippen molar-refractivity contribution >= 4 is 0 Å². The van der Waals surface area contributed by atoms with Crippen LogP contribution in [0, 0.1) is 0 Å². The van der Waals surface area contributed by atoms with E-state index in [4.69, 9.17) is 0 Å². The van der Waals surface area contributed by atoms with Crippen LogP contribution in [0.5, 0.6) is 0 Å². The van der Waals surface area contributed by atoms with Crippen LogP contribution in [-0.2, 0) is 0 Å². The van der Waals surface area contributed by atoms with Crippen LogP contribution in [0.15, 0.2) is 0 Å². The van der Waals surface area contributed by atoms with Gasteiger partial charge in [-0.25, -0.2) is 10.0 Å². The van der Waals surface area contributed by atoms with Crippen molar-refractivity contribution in [3.63, 3.8) is 0 Å². The number of rotatable bonds is 4. The molecule has 0 rings (SSSR count). The molecular weight excluding hydrogens is 148 g/mol. The zero-order valence-corrected chi connectivity index (χ0v) is 9.52. The Bertz CT molecular complexity index is 115. The molecule has 0 radical (unpaired) electrons. The van der Waals surface area contributed by atoms with E-state index in [2.05, 4.69) is 51.7 Å². The Hall–Kier alpha value is -0.0800. The second kappa shape index (κ2) is 4.83. The molecule has 0 spiro atoms. The molecule has 12 heavy (non-hydrogen) atoms. The first-order valence-electron chi connectivity index (χ1n) is 4.92. The Morgan fingerprint density at radius 1 is 1.08 bits per heavy atom. The van der Waals surface area contributed by atoms with E-state index in [1.165, 1.54) is 6.42 Å². The van der Waals surface area contributed by atoms with E-state index in [1.807, 2.05) is 0 Å². The van der Waals surface area contributed by atoms with E-state index in [0.717, 1.165) is 13.1 Å². The van der Waals surface area contributed by atoms with Crippen LogP contribution in [0.1, 0.15) is 41.0 Å². The lowest BCUT2D eigenvalue weighted by atomic mass is 10.1. The molecule has 0 saturated heterocycles. The Labute approximate surface area is 77.5 Å². The third kappa shape index (κ3) is 3.55. The topological polar surface area (TPSA) is 6.48 Å². The third-order valence-electron chi connectivity index (χ3n) is 2.24. The number of nitrogens with zero attached hydrogens (tertiary/aromatic N) is 2. The molecule has 2 heteroatoms. The van der Waals surface area contributed by atoms with E-state index < -0.39 is 0 Å². The maximum absolute atomic E-state index is 2.39. The lowest BCUT2D eigenvalue weighted by molar-refractivity contribution is -0.0642. The van der Waals surface area contributed by atoms with Gasteiger partial charge < -0.3 is 0 Å². The van der Waals surface area contributed by atoms with Gasteiger partial charge in [-0.3, -0.25) is 0 Å². The standard InChI is InChI=1S/C10H24N2/c1-7-9-12(8-2)11(6)10(3,4)5/h7-9H2,1-6H3. The first kappa shape index (κ1) is 11.9. The minimum Gasteiger partial charge on any atom is -0.242 e. The summed E-state index contributed by atoms with van der Waals surface area (Å²) in [5, 5.41) is 4.72. The zero-order chi connectivity index (χ0) is 9.78. The predicted octanol–water partition coefficient (Wildman–Crippen LogP) is 2.36. The average Bonchev–Trinajstić information content (AvgIpc) is 1.97. The van der Waals surface area contributed by atoms with Gasteiger partial charge in [0, 0.05) is 25.7 Å². The Kier molecular flexibility index (Phi) is 4.80. The minimum absolute atomic E-state index is 0.241. The van der Waals surface area contributed by atoms with Gasteiger partial charge in [-0.15, -0.1) is 0 Å². The normalized spacial score (nSPS) is 13.0. The highest BCUT2D eigenvalue weighted by atomic mass is 15.6. The largest absolute Gasteiger partial charge is 0.242 e. The molecule has 0 aliphatic rings.